The van der Waals surface area contributed by atoms with Gasteiger partial charge in [-0.15, -0.1) is 0 Å². The maximum absolute atomic E-state index is 11.4. The Morgan fingerprint density at radius 2 is 2.50 bits per heavy atom. The molecule has 2 rings (SSSR count). The molecule has 1 aromatic rings. The third kappa shape index (κ3) is 1.70. The minimum absolute atomic E-state index is 0.110. The lowest BCUT2D eigenvalue weighted by Crippen LogP contribution is -2.26. The molecular formula is C10H14N2O2. The fourth-order valence-corrected chi connectivity index (χ4v) is 1.78. The zero-order valence-electron chi connectivity index (χ0n) is 8.22. The fraction of sp³-hybridized carbons (Fsp3) is 0.600. The predicted molar refractivity (Wildman–Crippen MR) is 51.9 cm³/mol. The van der Waals surface area contributed by atoms with Gasteiger partial charge in [-0.25, -0.2) is 9.78 Å². The molecule has 1 saturated heterocycles. The first-order valence-corrected chi connectivity index (χ1v) is 5.00. The summed E-state index contributed by atoms with van der Waals surface area (Å²) in [6, 6.07) is 1.75. The fourth-order valence-electron chi connectivity index (χ4n) is 1.78. The van der Waals surface area contributed by atoms with E-state index in [4.69, 9.17) is 4.74 Å². The predicted octanol–water partition coefficient (Wildman–Crippen LogP) is 1.33. The van der Waals surface area contributed by atoms with Gasteiger partial charge in [-0.05, 0) is 25.3 Å². The Hall–Kier alpha value is -1.16. The first-order valence-electron chi connectivity index (χ1n) is 5.00. The van der Waals surface area contributed by atoms with Crippen LogP contribution in [0.5, 0.6) is 0 Å². The zero-order chi connectivity index (χ0) is 9.97. The van der Waals surface area contributed by atoms with E-state index in [1.165, 1.54) is 6.20 Å². The van der Waals surface area contributed by atoms with E-state index in [1.54, 1.807) is 16.8 Å². The Labute approximate surface area is 82.5 Å². The van der Waals surface area contributed by atoms with Gasteiger partial charge in [0.2, 0.25) is 0 Å². The lowest BCUT2D eigenvalue weighted by atomic mass is 10.2. The summed E-state index contributed by atoms with van der Waals surface area (Å²) in [6.07, 6.45) is 6.37. The van der Waals surface area contributed by atoms with Crippen molar-refractivity contribution in [1.29, 1.82) is 0 Å². The van der Waals surface area contributed by atoms with Gasteiger partial charge in [-0.2, -0.15) is 0 Å². The van der Waals surface area contributed by atoms with Crippen LogP contribution in [-0.4, -0.2) is 15.7 Å². The zero-order valence-corrected chi connectivity index (χ0v) is 8.22. The summed E-state index contributed by atoms with van der Waals surface area (Å²) in [7, 11) is 0. The molecule has 0 spiro atoms. The molecule has 1 aromatic heterocycles. The third-order valence-electron chi connectivity index (χ3n) is 2.59. The largest absolute Gasteiger partial charge is 0.355 e. The molecule has 1 fully saturated rings. The number of ether oxygens (including phenoxy) is 1. The monoisotopic (exact) mass is 194 g/mol. The molecule has 4 heteroatoms. The van der Waals surface area contributed by atoms with Crippen molar-refractivity contribution in [2.24, 2.45) is 0 Å². The Balaban J connectivity index is 2.18. The normalized spacial score (nSPS) is 26.6. The first kappa shape index (κ1) is 9.40. The molecule has 76 valence electrons. The molecule has 14 heavy (non-hydrogen) atoms. The summed E-state index contributed by atoms with van der Waals surface area (Å²) in [6.45, 7) is 2.10. The SMILES string of the molecule is CCC1CCC(n2cccnc2=O)O1. The number of hydrogen-bond donors (Lipinski definition) is 0. The van der Waals surface area contributed by atoms with Crippen LogP contribution in [0.2, 0.25) is 0 Å². The third-order valence-corrected chi connectivity index (χ3v) is 2.59. The van der Waals surface area contributed by atoms with Crippen LogP contribution in [-0.2, 0) is 4.74 Å². The molecule has 0 amide bonds. The molecule has 0 aliphatic carbocycles. The van der Waals surface area contributed by atoms with Gasteiger partial charge >= 0.3 is 5.69 Å². The van der Waals surface area contributed by atoms with E-state index < -0.39 is 0 Å². The van der Waals surface area contributed by atoms with E-state index in [0.717, 1.165) is 19.3 Å². The molecule has 2 unspecified atom stereocenters. The molecule has 0 aromatic carbocycles. The Bertz CT molecular complexity index is 361. The minimum atomic E-state index is -0.228. The van der Waals surface area contributed by atoms with Gasteiger partial charge in [0.25, 0.3) is 0 Å². The highest BCUT2D eigenvalue weighted by molar-refractivity contribution is 4.84. The second kappa shape index (κ2) is 3.92. The maximum atomic E-state index is 11.4. The first-order chi connectivity index (χ1) is 6.81. The van der Waals surface area contributed by atoms with Gasteiger partial charge in [0.1, 0.15) is 6.23 Å². The van der Waals surface area contributed by atoms with Gasteiger partial charge in [-0.3, -0.25) is 4.57 Å². The van der Waals surface area contributed by atoms with E-state index in [9.17, 15) is 4.79 Å². The summed E-state index contributed by atoms with van der Waals surface area (Å²) >= 11 is 0. The van der Waals surface area contributed by atoms with E-state index >= 15 is 0 Å². The van der Waals surface area contributed by atoms with Crippen molar-refractivity contribution in [3.8, 4) is 0 Å². The smallest absolute Gasteiger partial charge is 0.349 e. The van der Waals surface area contributed by atoms with Gasteiger partial charge in [-0.1, -0.05) is 6.92 Å². The van der Waals surface area contributed by atoms with Crippen molar-refractivity contribution in [3.05, 3.63) is 28.9 Å². The molecule has 0 N–H and O–H groups in total. The van der Waals surface area contributed by atoms with E-state index in [-0.39, 0.29) is 11.9 Å². The van der Waals surface area contributed by atoms with Crippen molar-refractivity contribution >= 4 is 0 Å². The Morgan fingerprint density at radius 1 is 1.64 bits per heavy atom. The van der Waals surface area contributed by atoms with E-state index in [0.29, 0.717) is 6.10 Å². The topological polar surface area (TPSA) is 44.1 Å². The molecule has 1 aliphatic rings. The number of nitrogens with zero attached hydrogens (tertiary/aromatic N) is 2. The summed E-state index contributed by atoms with van der Waals surface area (Å²) in [4.78, 5) is 15.1. The Kier molecular flexibility index (Phi) is 2.63. The lowest BCUT2D eigenvalue weighted by molar-refractivity contribution is -0.00194. The van der Waals surface area contributed by atoms with Crippen LogP contribution in [0, 0.1) is 0 Å². The van der Waals surface area contributed by atoms with Gasteiger partial charge in [0.05, 0.1) is 6.10 Å². The molecule has 0 saturated carbocycles. The van der Waals surface area contributed by atoms with Crippen molar-refractivity contribution in [3.63, 3.8) is 0 Å². The Morgan fingerprint density at radius 3 is 3.14 bits per heavy atom. The van der Waals surface area contributed by atoms with Crippen molar-refractivity contribution in [2.75, 3.05) is 0 Å². The summed E-state index contributed by atoms with van der Waals surface area (Å²) in [5.74, 6) is 0. The molecule has 0 bridgehead atoms. The molecule has 2 atom stereocenters. The second-order valence-electron chi connectivity index (χ2n) is 3.51. The van der Waals surface area contributed by atoms with Crippen molar-refractivity contribution in [2.45, 2.75) is 38.5 Å². The summed E-state index contributed by atoms with van der Waals surface area (Å²) in [5.41, 5.74) is -0.228. The quantitative estimate of drug-likeness (QED) is 0.713. The minimum Gasteiger partial charge on any atom is -0.355 e. The summed E-state index contributed by atoms with van der Waals surface area (Å²) < 4.78 is 7.27. The molecule has 1 aliphatic heterocycles. The van der Waals surface area contributed by atoms with E-state index in [1.807, 2.05) is 0 Å². The lowest BCUT2D eigenvalue weighted by Gasteiger charge is -2.13. The van der Waals surface area contributed by atoms with Gasteiger partial charge < -0.3 is 4.74 Å². The number of rotatable bonds is 2. The highest BCUT2D eigenvalue weighted by Crippen LogP contribution is 2.28. The molecule has 0 radical (unpaired) electrons. The van der Waals surface area contributed by atoms with Crippen LogP contribution in [0.3, 0.4) is 0 Å². The van der Waals surface area contributed by atoms with Crippen LogP contribution in [0.25, 0.3) is 0 Å². The van der Waals surface area contributed by atoms with Crippen LogP contribution >= 0.6 is 0 Å². The molecular weight excluding hydrogens is 180 g/mol. The maximum Gasteiger partial charge on any atom is 0.349 e. The van der Waals surface area contributed by atoms with Crippen LogP contribution < -0.4 is 5.69 Å². The average molecular weight is 194 g/mol. The van der Waals surface area contributed by atoms with Crippen molar-refractivity contribution < 1.29 is 4.74 Å². The van der Waals surface area contributed by atoms with Gasteiger partial charge in [0.15, 0.2) is 0 Å². The highest BCUT2D eigenvalue weighted by atomic mass is 16.5. The number of aromatic nitrogens is 2. The molecule has 2 heterocycles. The highest BCUT2D eigenvalue weighted by Gasteiger charge is 2.25. The van der Waals surface area contributed by atoms with Crippen LogP contribution in [0.15, 0.2) is 23.3 Å². The second-order valence-corrected chi connectivity index (χ2v) is 3.51. The summed E-state index contributed by atoms with van der Waals surface area (Å²) in [5, 5.41) is 0. The number of hydrogen-bond acceptors (Lipinski definition) is 3. The van der Waals surface area contributed by atoms with Crippen LogP contribution in [0.1, 0.15) is 32.4 Å². The van der Waals surface area contributed by atoms with Gasteiger partial charge in [0, 0.05) is 12.4 Å². The standard InChI is InChI=1S/C10H14N2O2/c1-2-8-4-5-9(14-8)12-7-3-6-11-10(12)13/h3,6-9H,2,4-5H2,1H3. The van der Waals surface area contributed by atoms with Crippen molar-refractivity contribution in [1.82, 2.24) is 9.55 Å². The molecule has 4 nitrogen and oxygen atoms in total. The average Bonchev–Trinajstić information content (AvgIpc) is 2.67. The van der Waals surface area contributed by atoms with Crippen LogP contribution in [0.4, 0.5) is 0 Å². The van der Waals surface area contributed by atoms with E-state index in [2.05, 4.69) is 11.9 Å².